The average molecular weight is 678 g/mol. The molecule has 53 heavy (non-hydrogen) atoms. The van der Waals surface area contributed by atoms with Crippen molar-refractivity contribution in [2.24, 2.45) is 0 Å². The Morgan fingerprint density at radius 2 is 0.849 bits per heavy atom. The Labute approximate surface area is 306 Å². The van der Waals surface area contributed by atoms with Gasteiger partial charge in [0, 0.05) is 33.3 Å². The molecule has 0 unspecified atom stereocenters. The van der Waals surface area contributed by atoms with Gasteiger partial charge in [-0.15, -0.1) is 0 Å². The van der Waals surface area contributed by atoms with E-state index in [4.69, 9.17) is 19.9 Å². The highest BCUT2D eigenvalue weighted by Crippen LogP contribution is 2.38. The van der Waals surface area contributed by atoms with Gasteiger partial charge in [0.15, 0.2) is 17.5 Å². The van der Waals surface area contributed by atoms with Crippen LogP contribution in [0.25, 0.3) is 94.9 Å². The van der Waals surface area contributed by atoms with Crippen molar-refractivity contribution in [3.8, 4) is 62.4 Å². The lowest BCUT2D eigenvalue weighted by atomic mass is 9.96. The number of para-hydroxylation sites is 1. The zero-order valence-electron chi connectivity index (χ0n) is 28.6. The van der Waals surface area contributed by atoms with Gasteiger partial charge in [0.1, 0.15) is 5.82 Å². The first kappa shape index (κ1) is 30.6. The third-order valence-corrected chi connectivity index (χ3v) is 9.82. The Morgan fingerprint density at radius 3 is 1.51 bits per heavy atom. The maximum Gasteiger partial charge on any atom is 0.164 e. The van der Waals surface area contributed by atoms with Crippen LogP contribution in [0.5, 0.6) is 0 Å². The third-order valence-electron chi connectivity index (χ3n) is 9.82. The SMILES string of the molecule is c1ccc(-c2nc(-c3ccccc3)nc(-c3cccc(-c4ccc5c(ccc6ccc7c(nc(-c8ccccc8)n7-c7ccccc7)c65)c4)c3)n2)cc1. The average Bonchev–Trinajstić information content (AvgIpc) is 3.64. The fourth-order valence-electron chi connectivity index (χ4n) is 7.26. The second-order valence-corrected chi connectivity index (χ2v) is 13.1. The molecule has 0 aliphatic rings. The molecule has 10 rings (SSSR count). The lowest BCUT2D eigenvalue weighted by Gasteiger charge is -2.11. The monoisotopic (exact) mass is 677 g/mol. The zero-order valence-corrected chi connectivity index (χ0v) is 28.6. The van der Waals surface area contributed by atoms with E-state index in [-0.39, 0.29) is 0 Å². The first-order valence-corrected chi connectivity index (χ1v) is 17.7. The van der Waals surface area contributed by atoms with E-state index in [1.54, 1.807) is 0 Å². The van der Waals surface area contributed by atoms with Crippen molar-refractivity contribution in [1.82, 2.24) is 24.5 Å². The molecule has 5 nitrogen and oxygen atoms in total. The summed E-state index contributed by atoms with van der Waals surface area (Å²) in [6.45, 7) is 0. The highest BCUT2D eigenvalue weighted by Gasteiger charge is 2.18. The predicted molar refractivity (Wildman–Crippen MR) is 217 cm³/mol. The van der Waals surface area contributed by atoms with Gasteiger partial charge in [-0.3, -0.25) is 4.57 Å². The van der Waals surface area contributed by atoms with Gasteiger partial charge in [-0.05, 0) is 57.6 Å². The van der Waals surface area contributed by atoms with E-state index in [0.29, 0.717) is 17.5 Å². The smallest absolute Gasteiger partial charge is 0.164 e. The van der Waals surface area contributed by atoms with E-state index in [9.17, 15) is 0 Å². The molecule has 248 valence electrons. The fraction of sp³-hybridized carbons (Fsp3) is 0. The van der Waals surface area contributed by atoms with Gasteiger partial charge in [-0.1, -0.05) is 158 Å². The number of rotatable bonds is 6. The summed E-state index contributed by atoms with van der Waals surface area (Å²) in [5, 5.41) is 4.64. The van der Waals surface area contributed by atoms with E-state index in [1.807, 2.05) is 66.7 Å². The topological polar surface area (TPSA) is 56.5 Å². The number of nitrogens with zero attached hydrogens (tertiary/aromatic N) is 5. The molecule has 10 aromatic rings. The van der Waals surface area contributed by atoms with Crippen molar-refractivity contribution in [1.29, 1.82) is 0 Å². The summed E-state index contributed by atoms with van der Waals surface area (Å²) in [7, 11) is 0. The first-order chi connectivity index (χ1) is 26.3. The molecule has 0 spiro atoms. The number of hydrogen-bond donors (Lipinski definition) is 0. The number of hydrogen-bond acceptors (Lipinski definition) is 4. The van der Waals surface area contributed by atoms with Crippen LogP contribution in [0.4, 0.5) is 0 Å². The van der Waals surface area contributed by atoms with Gasteiger partial charge in [-0.2, -0.15) is 0 Å². The molecule has 0 amide bonds. The van der Waals surface area contributed by atoms with Gasteiger partial charge < -0.3 is 0 Å². The van der Waals surface area contributed by atoms with Gasteiger partial charge >= 0.3 is 0 Å². The Bertz CT molecular complexity index is 2860. The summed E-state index contributed by atoms with van der Waals surface area (Å²) < 4.78 is 2.27. The Kier molecular flexibility index (Phi) is 7.40. The summed E-state index contributed by atoms with van der Waals surface area (Å²) in [5.74, 6) is 2.86. The normalized spacial score (nSPS) is 11.4. The number of fused-ring (bicyclic) bond motifs is 5. The molecule has 8 aromatic carbocycles. The summed E-state index contributed by atoms with van der Waals surface area (Å²) >= 11 is 0. The largest absolute Gasteiger partial charge is 0.292 e. The summed E-state index contributed by atoms with van der Waals surface area (Å²) in [6.07, 6.45) is 0. The van der Waals surface area contributed by atoms with Gasteiger partial charge in [-0.25, -0.2) is 19.9 Å². The van der Waals surface area contributed by atoms with Crippen LogP contribution in [-0.4, -0.2) is 24.5 Å². The van der Waals surface area contributed by atoms with Crippen molar-refractivity contribution in [3.05, 3.63) is 188 Å². The van der Waals surface area contributed by atoms with Gasteiger partial charge in [0.05, 0.1) is 11.0 Å². The molecule has 0 saturated heterocycles. The van der Waals surface area contributed by atoms with Crippen LogP contribution in [0.3, 0.4) is 0 Å². The summed E-state index contributed by atoms with van der Waals surface area (Å²) in [4.78, 5) is 20.2. The number of imidazole rings is 1. The van der Waals surface area contributed by atoms with Crippen LogP contribution in [0.1, 0.15) is 0 Å². The van der Waals surface area contributed by atoms with E-state index < -0.39 is 0 Å². The van der Waals surface area contributed by atoms with Gasteiger partial charge in [0.2, 0.25) is 0 Å². The third kappa shape index (κ3) is 5.52. The molecule has 0 bridgehead atoms. The number of benzene rings is 8. The molecule has 0 N–H and O–H groups in total. The van der Waals surface area contributed by atoms with Crippen LogP contribution >= 0.6 is 0 Å². The molecule has 0 aliphatic heterocycles. The fourth-order valence-corrected chi connectivity index (χ4v) is 7.26. The highest BCUT2D eigenvalue weighted by molar-refractivity contribution is 6.19. The van der Waals surface area contributed by atoms with E-state index in [1.165, 1.54) is 5.39 Å². The minimum Gasteiger partial charge on any atom is -0.292 e. The van der Waals surface area contributed by atoms with E-state index in [2.05, 4.69) is 126 Å². The predicted octanol–water partition coefficient (Wildman–Crippen LogP) is 11.9. The van der Waals surface area contributed by atoms with Crippen molar-refractivity contribution < 1.29 is 0 Å². The Hall–Kier alpha value is -7.24. The van der Waals surface area contributed by atoms with Crippen LogP contribution in [-0.2, 0) is 0 Å². The lowest BCUT2D eigenvalue weighted by Crippen LogP contribution is -2.00. The Balaban J connectivity index is 1.11. The molecule has 2 aromatic heterocycles. The van der Waals surface area contributed by atoms with Crippen molar-refractivity contribution in [3.63, 3.8) is 0 Å². The second-order valence-electron chi connectivity index (χ2n) is 13.1. The van der Waals surface area contributed by atoms with Crippen molar-refractivity contribution in [2.45, 2.75) is 0 Å². The highest BCUT2D eigenvalue weighted by atomic mass is 15.1. The molecular weight excluding hydrogens is 647 g/mol. The summed E-state index contributed by atoms with van der Waals surface area (Å²) in [6, 6.07) is 65.1. The molecule has 0 atom stereocenters. The van der Waals surface area contributed by atoms with Crippen LogP contribution < -0.4 is 0 Å². The minimum absolute atomic E-state index is 0.636. The van der Waals surface area contributed by atoms with E-state index in [0.717, 1.165) is 72.1 Å². The molecule has 2 heterocycles. The maximum atomic E-state index is 5.37. The number of aromatic nitrogens is 5. The zero-order chi connectivity index (χ0) is 35.1. The molecule has 0 saturated carbocycles. The first-order valence-electron chi connectivity index (χ1n) is 17.7. The molecular formula is C48H31N5. The van der Waals surface area contributed by atoms with E-state index >= 15 is 0 Å². The molecule has 0 radical (unpaired) electrons. The Morgan fingerprint density at radius 1 is 0.340 bits per heavy atom. The van der Waals surface area contributed by atoms with Crippen LogP contribution in [0.15, 0.2) is 188 Å². The molecule has 5 heteroatoms. The van der Waals surface area contributed by atoms with Crippen LogP contribution in [0, 0.1) is 0 Å². The molecule has 0 aliphatic carbocycles. The second kappa shape index (κ2) is 12.8. The summed E-state index contributed by atoms with van der Waals surface area (Å²) in [5.41, 5.74) is 9.26. The molecule has 0 fully saturated rings. The van der Waals surface area contributed by atoms with Crippen molar-refractivity contribution >= 4 is 32.6 Å². The lowest BCUT2D eigenvalue weighted by molar-refractivity contribution is 1.07. The standard InChI is InChI=1S/C48H31N5/c1-5-14-33(15-6-1)45-50-46(34-16-7-2-8-17-34)52-47(51-45)39-21-13-20-36(31-39)37-26-28-41-38(30-37)25-24-32-27-29-42-44(43(32)41)49-48(35-18-9-3-10-19-35)53(42)40-22-11-4-12-23-40/h1-31H. The maximum absolute atomic E-state index is 5.37. The quantitative estimate of drug-likeness (QED) is 0.164. The van der Waals surface area contributed by atoms with Crippen molar-refractivity contribution in [2.75, 3.05) is 0 Å². The van der Waals surface area contributed by atoms with Gasteiger partial charge in [0.25, 0.3) is 0 Å². The van der Waals surface area contributed by atoms with Crippen LogP contribution in [0.2, 0.25) is 0 Å². The minimum atomic E-state index is 0.636.